The van der Waals surface area contributed by atoms with E-state index in [9.17, 15) is 9.59 Å². The molecule has 0 spiro atoms. The molecule has 1 unspecified atom stereocenters. The predicted octanol–water partition coefficient (Wildman–Crippen LogP) is 0.971. The van der Waals surface area contributed by atoms with Gasteiger partial charge in [0, 0.05) is 6.54 Å². The van der Waals surface area contributed by atoms with Crippen molar-refractivity contribution in [2.45, 2.75) is 13.3 Å². The number of hydrogen-bond acceptors (Lipinski definition) is 4. The smallest absolute Gasteiger partial charge is 0.306 e. The highest BCUT2D eigenvalue weighted by atomic mass is 35.5. The molecule has 2 N–H and O–H groups in total. The highest BCUT2D eigenvalue weighted by Gasteiger charge is 2.12. The number of hydrogen-bond donors (Lipinski definition) is 2. The molecular formula is C10H12ClN3O3. The minimum Gasteiger partial charge on any atom is -0.481 e. The number of nitrogens with zero attached hydrogens (tertiary/aromatic N) is 2. The lowest BCUT2D eigenvalue weighted by molar-refractivity contribution is -0.141. The number of carboxylic acids is 1. The Labute approximate surface area is 103 Å². The first kappa shape index (κ1) is 13.4. The number of carbonyl (C=O) groups is 2. The fourth-order valence-electron chi connectivity index (χ4n) is 1.05. The van der Waals surface area contributed by atoms with E-state index < -0.39 is 17.8 Å². The van der Waals surface area contributed by atoms with Gasteiger partial charge in [0.2, 0.25) is 0 Å². The van der Waals surface area contributed by atoms with Gasteiger partial charge in [-0.2, -0.15) is 0 Å². The van der Waals surface area contributed by atoms with E-state index in [-0.39, 0.29) is 17.4 Å². The summed E-state index contributed by atoms with van der Waals surface area (Å²) in [7, 11) is 0. The summed E-state index contributed by atoms with van der Waals surface area (Å²) in [6.45, 7) is 1.85. The molecule has 0 saturated heterocycles. The van der Waals surface area contributed by atoms with E-state index in [1.165, 1.54) is 12.4 Å². The fourth-order valence-corrected chi connectivity index (χ4v) is 1.14. The van der Waals surface area contributed by atoms with Crippen LogP contribution < -0.4 is 5.32 Å². The Bertz CT molecular complexity index is 408. The number of halogens is 1. The first-order chi connectivity index (χ1) is 8.00. The van der Waals surface area contributed by atoms with Crippen LogP contribution in [0.2, 0.25) is 5.15 Å². The standard InChI is InChI=1S/C10H12ClN3O3/c1-6(10(16)17)2-3-12-9(15)7-4-14-8(11)5-13-7/h4-6H,2-3H2,1H3,(H,12,15)(H,16,17). The van der Waals surface area contributed by atoms with Gasteiger partial charge in [0.1, 0.15) is 10.8 Å². The van der Waals surface area contributed by atoms with Crippen molar-refractivity contribution in [1.82, 2.24) is 15.3 Å². The summed E-state index contributed by atoms with van der Waals surface area (Å²) in [5.41, 5.74) is 0.150. The molecule has 1 atom stereocenters. The molecular weight excluding hydrogens is 246 g/mol. The zero-order valence-corrected chi connectivity index (χ0v) is 9.94. The molecule has 1 heterocycles. The van der Waals surface area contributed by atoms with Gasteiger partial charge in [-0.3, -0.25) is 9.59 Å². The molecule has 1 amide bonds. The van der Waals surface area contributed by atoms with Crippen molar-refractivity contribution in [2.24, 2.45) is 5.92 Å². The van der Waals surface area contributed by atoms with Crippen molar-refractivity contribution in [3.05, 3.63) is 23.2 Å². The van der Waals surface area contributed by atoms with Crippen molar-refractivity contribution in [3.63, 3.8) is 0 Å². The van der Waals surface area contributed by atoms with E-state index in [0.29, 0.717) is 6.42 Å². The molecule has 1 rings (SSSR count). The molecule has 0 aliphatic heterocycles. The Balaban J connectivity index is 2.40. The lowest BCUT2D eigenvalue weighted by atomic mass is 10.1. The van der Waals surface area contributed by atoms with Gasteiger partial charge in [-0.25, -0.2) is 9.97 Å². The molecule has 92 valence electrons. The minimum atomic E-state index is -0.884. The third-order valence-electron chi connectivity index (χ3n) is 2.14. The summed E-state index contributed by atoms with van der Waals surface area (Å²) in [6, 6.07) is 0. The zero-order valence-electron chi connectivity index (χ0n) is 9.18. The second-order valence-electron chi connectivity index (χ2n) is 3.51. The highest BCUT2D eigenvalue weighted by molar-refractivity contribution is 6.29. The van der Waals surface area contributed by atoms with E-state index in [0.717, 1.165) is 0 Å². The number of nitrogens with one attached hydrogen (secondary N) is 1. The molecule has 0 aliphatic carbocycles. The Morgan fingerprint density at radius 2 is 2.18 bits per heavy atom. The maximum absolute atomic E-state index is 11.5. The van der Waals surface area contributed by atoms with E-state index in [2.05, 4.69) is 15.3 Å². The normalized spacial score (nSPS) is 11.9. The third kappa shape index (κ3) is 4.36. The number of aliphatic carboxylic acids is 1. The van der Waals surface area contributed by atoms with Crippen molar-refractivity contribution in [1.29, 1.82) is 0 Å². The average molecular weight is 258 g/mol. The van der Waals surface area contributed by atoms with E-state index in [4.69, 9.17) is 16.7 Å². The van der Waals surface area contributed by atoms with Crippen LogP contribution in [0.25, 0.3) is 0 Å². The first-order valence-electron chi connectivity index (χ1n) is 4.99. The van der Waals surface area contributed by atoms with E-state index in [1.807, 2.05) is 0 Å². The van der Waals surface area contributed by atoms with Crippen LogP contribution in [-0.2, 0) is 4.79 Å². The number of carbonyl (C=O) groups excluding carboxylic acids is 1. The van der Waals surface area contributed by atoms with Crippen LogP contribution in [0.3, 0.4) is 0 Å². The molecule has 0 fully saturated rings. The maximum Gasteiger partial charge on any atom is 0.306 e. The monoisotopic (exact) mass is 257 g/mol. The number of amides is 1. The van der Waals surface area contributed by atoms with Gasteiger partial charge in [-0.15, -0.1) is 0 Å². The fraction of sp³-hybridized carbons (Fsp3) is 0.400. The number of carboxylic acid groups (broad SMARTS) is 1. The predicted molar refractivity (Wildman–Crippen MR) is 60.8 cm³/mol. The Morgan fingerprint density at radius 3 is 2.71 bits per heavy atom. The van der Waals surface area contributed by atoms with Crippen LogP contribution in [-0.4, -0.2) is 33.5 Å². The van der Waals surface area contributed by atoms with Crippen LogP contribution >= 0.6 is 11.6 Å². The molecule has 0 bridgehead atoms. The molecule has 0 aromatic carbocycles. The van der Waals surface area contributed by atoms with Crippen LogP contribution in [0, 0.1) is 5.92 Å². The Hall–Kier alpha value is -1.69. The summed E-state index contributed by atoms with van der Waals surface area (Å²) >= 11 is 5.53. The molecule has 0 saturated carbocycles. The summed E-state index contributed by atoms with van der Waals surface area (Å²) < 4.78 is 0. The first-order valence-corrected chi connectivity index (χ1v) is 5.37. The Kier molecular flexibility index (Phi) is 4.84. The highest BCUT2D eigenvalue weighted by Crippen LogP contribution is 2.02. The van der Waals surface area contributed by atoms with Gasteiger partial charge in [0.25, 0.3) is 5.91 Å². The lowest BCUT2D eigenvalue weighted by Gasteiger charge is -2.07. The Morgan fingerprint density at radius 1 is 1.47 bits per heavy atom. The second-order valence-corrected chi connectivity index (χ2v) is 3.90. The largest absolute Gasteiger partial charge is 0.481 e. The van der Waals surface area contributed by atoms with Gasteiger partial charge in [0.15, 0.2) is 0 Å². The van der Waals surface area contributed by atoms with Crippen molar-refractivity contribution in [3.8, 4) is 0 Å². The molecule has 0 radical (unpaired) electrons. The SMILES string of the molecule is CC(CCNC(=O)c1cnc(Cl)cn1)C(=O)O. The summed E-state index contributed by atoms with van der Waals surface area (Å²) in [5, 5.41) is 11.4. The van der Waals surface area contributed by atoms with E-state index in [1.54, 1.807) is 6.92 Å². The van der Waals surface area contributed by atoms with Gasteiger partial charge in [-0.1, -0.05) is 18.5 Å². The second kappa shape index (κ2) is 6.15. The average Bonchev–Trinajstić information content (AvgIpc) is 2.29. The van der Waals surface area contributed by atoms with Crippen LogP contribution in [0.1, 0.15) is 23.8 Å². The van der Waals surface area contributed by atoms with Gasteiger partial charge < -0.3 is 10.4 Å². The zero-order chi connectivity index (χ0) is 12.8. The van der Waals surface area contributed by atoms with Crippen LogP contribution in [0.5, 0.6) is 0 Å². The number of rotatable bonds is 5. The minimum absolute atomic E-state index is 0.150. The molecule has 6 nitrogen and oxygen atoms in total. The molecule has 7 heteroatoms. The van der Waals surface area contributed by atoms with Crippen molar-refractivity contribution < 1.29 is 14.7 Å². The molecule has 1 aromatic heterocycles. The summed E-state index contributed by atoms with van der Waals surface area (Å²) in [6.07, 6.45) is 2.90. The quantitative estimate of drug-likeness (QED) is 0.820. The van der Waals surface area contributed by atoms with Crippen molar-refractivity contribution >= 4 is 23.5 Å². The maximum atomic E-state index is 11.5. The van der Waals surface area contributed by atoms with Crippen LogP contribution in [0.15, 0.2) is 12.4 Å². The van der Waals surface area contributed by atoms with Gasteiger partial charge in [-0.05, 0) is 6.42 Å². The van der Waals surface area contributed by atoms with Gasteiger partial charge >= 0.3 is 5.97 Å². The summed E-state index contributed by atoms with van der Waals surface area (Å²) in [4.78, 5) is 29.5. The topological polar surface area (TPSA) is 92.2 Å². The third-order valence-corrected chi connectivity index (χ3v) is 2.33. The van der Waals surface area contributed by atoms with Crippen molar-refractivity contribution in [2.75, 3.05) is 6.54 Å². The summed E-state index contributed by atoms with van der Waals surface area (Å²) in [5.74, 6) is -1.77. The molecule has 17 heavy (non-hydrogen) atoms. The van der Waals surface area contributed by atoms with E-state index >= 15 is 0 Å². The van der Waals surface area contributed by atoms with Gasteiger partial charge in [0.05, 0.1) is 18.3 Å². The molecule has 1 aromatic rings. The molecule has 0 aliphatic rings. The lowest BCUT2D eigenvalue weighted by Crippen LogP contribution is -2.27. The van der Waals surface area contributed by atoms with Crippen LogP contribution in [0.4, 0.5) is 0 Å². The number of aromatic nitrogens is 2.